The Morgan fingerprint density at radius 3 is 2.57 bits per heavy atom. The zero-order chi connectivity index (χ0) is 20.8. The first kappa shape index (κ1) is 19.2. The molecule has 3 aromatic carbocycles. The van der Waals surface area contributed by atoms with Gasteiger partial charge in [0.1, 0.15) is 0 Å². The van der Waals surface area contributed by atoms with E-state index in [0.29, 0.717) is 12.1 Å². The average Bonchev–Trinajstić information content (AvgIpc) is 3.12. The monoisotopic (exact) mass is 392 g/mol. The van der Waals surface area contributed by atoms with Crippen molar-refractivity contribution in [1.29, 1.82) is 5.26 Å². The van der Waals surface area contributed by atoms with E-state index < -0.39 is 0 Å². The lowest BCUT2D eigenvalue weighted by molar-refractivity contribution is -0.120. The summed E-state index contributed by atoms with van der Waals surface area (Å²) in [6.07, 6.45) is 3.94. The molecular weight excluding hydrogens is 372 g/mol. The van der Waals surface area contributed by atoms with Gasteiger partial charge in [-0.2, -0.15) is 10.4 Å². The normalized spacial score (nSPS) is 10.9. The van der Waals surface area contributed by atoms with Crippen LogP contribution in [0.3, 0.4) is 0 Å². The van der Waals surface area contributed by atoms with Crippen molar-refractivity contribution in [1.82, 2.24) is 9.99 Å². The molecular formula is C25H20N4O. The number of hydrogen-bond donors (Lipinski definition) is 1. The summed E-state index contributed by atoms with van der Waals surface area (Å²) in [4.78, 5) is 12.1. The van der Waals surface area contributed by atoms with Crippen molar-refractivity contribution in [2.75, 3.05) is 0 Å². The summed E-state index contributed by atoms with van der Waals surface area (Å²) in [6.45, 7) is 0.582. The number of aromatic nitrogens is 1. The van der Waals surface area contributed by atoms with E-state index in [4.69, 9.17) is 0 Å². The van der Waals surface area contributed by atoms with E-state index in [-0.39, 0.29) is 12.3 Å². The summed E-state index contributed by atoms with van der Waals surface area (Å²) in [6, 6.07) is 27.4. The van der Waals surface area contributed by atoms with E-state index in [1.54, 1.807) is 6.21 Å². The van der Waals surface area contributed by atoms with Crippen molar-refractivity contribution in [3.05, 3.63) is 107 Å². The molecule has 0 aliphatic heterocycles. The second-order valence-electron chi connectivity index (χ2n) is 6.95. The molecule has 0 radical (unpaired) electrons. The molecule has 4 rings (SSSR count). The van der Waals surface area contributed by atoms with Gasteiger partial charge in [-0.25, -0.2) is 5.43 Å². The Morgan fingerprint density at radius 2 is 1.73 bits per heavy atom. The fourth-order valence-corrected chi connectivity index (χ4v) is 3.45. The van der Waals surface area contributed by atoms with Crippen LogP contribution < -0.4 is 5.43 Å². The molecule has 5 heteroatoms. The van der Waals surface area contributed by atoms with Gasteiger partial charge < -0.3 is 4.57 Å². The molecule has 0 saturated heterocycles. The molecule has 0 fully saturated rings. The maximum Gasteiger partial charge on any atom is 0.244 e. The largest absolute Gasteiger partial charge is 0.342 e. The number of hydrogen-bond acceptors (Lipinski definition) is 3. The zero-order valence-electron chi connectivity index (χ0n) is 16.3. The number of amides is 1. The molecule has 146 valence electrons. The van der Waals surface area contributed by atoms with Crippen LogP contribution in [-0.4, -0.2) is 16.7 Å². The number of carbonyl (C=O) groups is 1. The van der Waals surface area contributed by atoms with E-state index in [1.807, 2.05) is 85.1 Å². The predicted molar refractivity (Wildman–Crippen MR) is 118 cm³/mol. The number of rotatable bonds is 6. The molecule has 1 N–H and O–H groups in total. The fourth-order valence-electron chi connectivity index (χ4n) is 3.45. The van der Waals surface area contributed by atoms with Gasteiger partial charge in [0.15, 0.2) is 0 Å². The first-order valence-electron chi connectivity index (χ1n) is 9.66. The van der Waals surface area contributed by atoms with Crippen molar-refractivity contribution in [3.8, 4) is 6.07 Å². The Bertz CT molecular complexity index is 1250. The summed E-state index contributed by atoms with van der Waals surface area (Å²) in [5, 5.41) is 14.6. The standard InChI is InChI=1S/C25H20N4O/c26-15-20-10-4-5-11-21(20)17-29-18-22(23-12-6-7-13-24(23)29)16-27-28-25(30)14-19-8-2-1-3-9-19/h1-13,16,18H,14,17H2,(H,28,30)/b27-16-. The van der Waals surface area contributed by atoms with Crippen molar-refractivity contribution in [3.63, 3.8) is 0 Å². The van der Waals surface area contributed by atoms with E-state index in [2.05, 4.69) is 21.2 Å². The Kier molecular flexibility index (Phi) is 5.68. The zero-order valence-corrected chi connectivity index (χ0v) is 16.3. The molecule has 0 bridgehead atoms. The number of nitrogens with zero attached hydrogens (tertiary/aromatic N) is 3. The van der Waals surface area contributed by atoms with Crippen molar-refractivity contribution in [2.45, 2.75) is 13.0 Å². The lowest BCUT2D eigenvalue weighted by atomic mass is 10.1. The van der Waals surface area contributed by atoms with Gasteiger partial charge in [-0.15, -0.1) is 0 Å². The number of fused-ring (bicyclic) bond motifs is 1. The number of benzene rings is 3. The third kappa shape index (κ3) is 4.29. The molecule has 0 saturated carbocycles. The van der Waals surface area contributed by atoms with Crippen LogP contribution in [0, 0.1) is 11.3 Å². The van der Waals surface area contributed by atoms with Gasteiger partial charge in [0.2, 0.25) is 5.91 Å². The highest BCUT2D eigenvalue weighted by molar-refractivity contribution is 5.99. The molecule has 0 unspecified atom stereocenters. The minimum absolute atomic E-state index is 0.163. The minimum atomic E-state index is -0.163. The molecule has 1 aromatic heterocycles. The van der Waals surface area contributed by atoms with Gasteiger partial charge in [0.25, 0.3) is 0 Å². The van der Waals surface area contributed by atoms with E-state index in [9.17, 15) is 10.1 Å². The molecule has 30 heavy (non-hydrogen) atoms. The summed E-state index contributed by atoms with van der Waals surface area (Å²) in [7, 11) is 0. The summed E-state index contributed by atoms with van der Waals surface area (Å²) < 4.78 is 2.10. The first-order valence-corrected chi connectivity index (χ1v) is 9.66. The number of nitriles is 1. The molecule has 4 aromatic rings. The predicted octanol–water partition coefficient (Wildman–Crippen LogP) is 4.25. The van der Waals surface area contributed by atoms with Crippen LogP contribution in [0.2, 0.25) is 0 Å². The molecule has 0 spiro atoms. The smallest absolute Gasteiger partial charge is 0.244 e. The van der Waals surface area contributed by atoms with Crippen LogP contribution in [0.5, 0.6) is 0 Å². The Morgan fingerprint density at radius 1 is 1.00 bits per heavy atom. The number of hydrazone groups is 1. The van der Waals surface area contributed by atoms with Crippen molar-refractivity contribution < 1.29 is 4.79 Å². The minimum Gasteiger partial charge on any atom is -0.342 e. The molecule has 1 amide bonds. The maximum absolute atomic E-state index is 12.1. The molecule has 0 atom stereocenters. The van der Waals surface area contributed by atoms with Crippen LogP contribution >= 0.6 is 0 Å². The number of para-hydroxylation sites is 1. The quantitative estimate of drug-likeness (QED) is 0.394. The topological polar surface area (TPSA) is 70.2 Å². The van der Waals surface area contributed by atoms with E-state index in [1.165, 1.54) is 0 Å². The van der Waals surface area contributed by atoms with Gasteiger partial charge in [0, 0.05) is 29.2 Å². The highest BCUT2D eigenvalue weighted by Crippen LogP contribution is 2.22. The van der Waals surface area contributed by atoms with E-state index in [0.717, 1.165) is 27.6 Å². The summed E-state index contributed by atoms with van der Waals surface area (Å²) in [5.41, 5.74) is 7.11. The second-order valence-corrected chi connectivity index (χ2v) is 6.95. The van der Waals surface area contributed by atoms with Crippen molar-refractivity contribution in [2.24, 2.45) is 5.10 Å². The molecule has 0 aliphatic rings. The average molecular weight is 392 g/mol. The summed E-state index contributed by atoms with van der Waals surface area (Å²) in [5.74, 6) is -0.163. The molecule has 1 heterocycles. The van der Waals surface area contributed by atoms with Gasteiger partial charge in [-0.1, -0.05) is 66.7 Å². The number of nitrogens with one attached hydrogen (secondary N) is 1. The van der Waals surface area contributed by atoms with Crippen LogP contribution in [-0.2, 0) is 17.8 Å². The van der Waals surface area contributed by atoms with Crippen molar-refractivity contribution >= 4 is 23.0 Å². The lowest BCUT2D eigenvalue weighted by Crippen LogP contribution is -2.19. The second kappa shape index (κ2) is 8.89. The highest BCUT2D eigenvalue weighted by Gasteiger charge is 2.09. The van der Waals surface area contributed by atoms with Crippen LogP contribution in [0.25, 0.3) is 10.9 Å². The summed E-state index contributed by atoms with van der Waals surface area (Å²) >= 11 is 0. The van der Waals surface area contributed by atoms with Gasteiger partial charge >= 0.3 is 0 Å². The van der Waals surface area contributed by atoms with Gasteiger partial charge in [-0.05, 0) is 23.3 Å². The van der Waals surface area contributed by atoms with Gasteiger partial charge in [0.05, 0.1) is 24.3 Å². The van der Waals surface area contributed by atoms with E-state index >= 15 is 0 Å². The van der Waals surface area contributed by atoms with Gasteiger partial charge in [-0.3, -0.25) is 4.79 Å². The third-order valence-corrected chi connectivity index (χ3v) is 4.90. The Balaban J connectivity index is 1.54. The van der Waals surface area contributed by atoms with Crippen LogP contribution in [0.1, 0.15) is 22.3 Å². The maximum atomic E-state index is 12.1. The fraction of sp³-hybridized carbons (Fsp3) is 0.0800. The Hall–Kier alpha value is -4.17. The molecule has 0 aliphatic carbocycles. The highest BCUT2D eigenvalue weighted by atomic mass is 16.2. The Labute approximate surface area is 174 Å². The lowest BCUT2D eigenvalue weighted by Gasteiger charge is -2.07. The first-order chi connectivity index (χ1) is 14.7. The third-order valence-electron chi connectivity index (χ3n) is 4.90. The molecule has 5 nitrogen and oxygen atoms in total. The SMILES string of the molecule is N#Cc1ccccc1Cn1cc(/C=N\NC(=O)Cc2ccccc2)c2ccccc21. The van der Waals surface area contributed by atoms with Crippen LogP contribution in [0.4, 0.5) is 0 Å². The van der Waals surface area contributed by atoms with Crippen LogP contribution in [0.15, 0.2) is 90.2 Å². The number of carbonyl (C=O) groups excluding carboxylic acids is 1.